The van der Waals surface area contributed by atoms with Gasteiger partial charge in [0, 0.05) is 27.2 Å². The van der Waals surface area contributed by atoms with Gasteiger partial charge in [-0.05, 0) is 83.6 Å². The second-order valence-electron chi connectivity index (χ2n) is 12.6. The Hall–Kier alpha value is -2.64. The van der Waals surface area contributed by atoms with Gasteiger partial charge < -0.3 is 24.5 Å². The Morgan fingerprint density at radius 2 is 0.875 bits per heavy atom. The van der Waals surface area contributed by atoms with Crippen LogP contribution in [-0.2, 0) is 40.5 Å². The molecule has 0 unspecified atom stereocenters. The van der Waals surface area contributed by atoms with Gasteiger partial charge in [-0.25, -0.2) is 25.3 Å². The van der Waals surface area contributed by atoms with Gasteiger partial charge in [-0.15, -0.1) is 30.7 Å². The molecule has 0 aliphatic rings. The Balaban J connectivity index is 0.00000272. The molecule has 7 aromatic rings. The van der Waals surface area contributed by atoms with Crippen LogP contribution >= 0.6 is 0 Å². The summed E-state index contributed by atoms with van der Waals surface area (Å²) in [7, 11) is -20.3. The summed E-state index contributed by atoms with van der Waals surface area (Å²) >= 11 is 0. The average Bonchev–Trinajstić information content (AvgIpc) is 3.17. The van der Waals surface area contributed by atoms with E-state index in [-0.39, 0.29) is 168 Å². The Kier molecular flexibility index (Phi) is 18.7. The largest absolute Gasteiger partial charge is 1.00 e. The average molecular weight is 980 g/mol. The van der Waals surface area contributed by atoms with Crippen molar-refractivity contribution in [3.63, 3.8) is 0 Å². The van der Waals surface area contributed by atoms with E-state index in [4.69, 9.17) is 5.73 Å². The van der Waals surface area contributed by atoms with E-state index < -0.39 is 77.2 Å². The summed E-state index contributed by atoms with van der Waals surface area (Å²) < 4.78 is 141. The molecule has 0 radical (unpaired) electrons. The number of fused-ring (bicyclic) bond motifs is 3. The van der Waals surface area contributed by atoms with Gasteiger partial charge in [0.2, 0.25) is 0 Å². The van der Waals surface area contributed by atoms with Gasteiger partial charge in [0.05, 0.1) is 43.1 Å². The molecule has 20 nitrogen and oxygen atoms in total. The van der Waals surface area contributed by atoms with Crippen LogP contribution in [0.15, 0.2) is 159 Å². The Morgan fingerprint density at radius 3 is 1.38 bits per heavy atom. The molecule has 0 fully saturated rings. The van der Waals surface area contributed by atoms with Crippen molar-refractivity contribution in [1.82, 2.24) is 0 Å². The molecule has 28 heteroatoms. The standard InChI is InChI=1S/C36H25N7O13S4.4Na/c37-20-5-8-23-19(15-20)16-34(60(54,55)56)35(36(23)44)43-41-29-11-10-28(24-3-1-2-4-25(24)29)38-40-31-13-12-30(26-9-6-21(17-27(26)31)57(45,46)47)39-42-32-18-22(58(48,49)50)7-14-33(32)59(51,52)53;;;;/h1-18,44H,37H2,(H,45,46,47)(H,48,49,50)(H,51,52,53)(H,54,55,56);;;;/q;4*+1/p-4. The first-order valence-corrected chi connectivity index (χ1v) is 22.1. The second kappa shape index (κ2) is 21.5. The first-order valence-electron chi connectivity index (χ1n) is 16.5. The number of nitrogens with two attached hydrogens (primary N) is 1. The van der Waals surface area contributed by atoms with Crippen LogP contribution in [0.25, 0.3) is 32.3 Å². The number of nitrogen functional groups attached to an aromatic ring is 1. The summed E-state index contributed by atoms with van der Waals surface area (Å²) in [6, 6.07) is 22.0. The van der Waals surface area contributed by atoms with Crippen LogP contribution in [-0.4, -0.2) is 51.9 Å². The van der Waals surface area contributed by atoms with Gasteiger partial charge in [-0.1, -0.05) is 42.1 Å². The minimum Gasteiger partial charge on any atom is -0.871 e. The summed E-state index contributed by atoms with van der Waals surface area (Å²) in [6.45, 7) is 0. The Labute approximate surface area is 452 Å². The molecule has 0 amide bonds. The van der Waals surface area contributed by atoms with Crippen LogP contribution in [0.5, 0.6) is 5.75 Å². The van der Waals surface area contributed by atoms with Crippen LogP contribution in [0.2, 0.25) is 0 Å². The molecular formula is C36H21N7Na4O13S4. The predicted octanol–water partition coefficient (Wildman–Crippen LogP) is -4.98. The van der Waals surface area contributed by atoms with Gasteiger partial charge in [0.15, 0.2) is 0 Å². The summed E-state index contributed by atoms with van der Waals surface area (Å²) in [5, 5.41) is 38.7. The van der Waals surface area contributed by atoms with Gasteiger partial charge >= 0.3 is 118 Å². The quantitative estimate of drug-likeness (QED) is 0.0562. The minimum atomic E-state index is -5.24. The SMILES string of the molecule is Nc1ccc2c([O-])c(N=Nc3ccc(N=Nc4ccc(N=Nc5cc(S(=O)(=O)[O-])ccc5S(=O)(=O)[O-])c5ccc(S(=O)(=O)[O-])cc45)c4ccccc34)c(S(=O)(=O)O)cc2c1.[Na+].[Na+].[Na+].[Na+]. The number of benzene rings is 7. The van der Waals surface area contributed by atoms with E-state index in [1.54, 1.807) is 24.3 Å². The van der Waals surface area contributed by atoms with Crippen molar-refractivity contribution in [2.75, 3.05) is 5.73 Å². The fourth-order valence-corrected chi connectivity index (χ4v) is 8.21. The number of anilines is 1. The molecule has 0 aliphatic carbocycles. The van der Waals surface area contributed by atoms with E-state index in [1.807, 2.05) is 0 Å². The Bertz CT molecular complexity index is 3550. The van der Waals surface area contributed by atoms with Crippen LogP contribution < -0.4 is 129 Å². The van der Waals surface area contributed by atoms with Gasteiger partial charge in [0.25, 0.3) is 10.1 Å². The van der Waals surface area contributed by atoms with Crippen LogP contribution in [0.1, 0.15) is 0 Å². The zero-order chi connectivity index (χ0) is 43.4. The molecule has 7 aromatic carbocycles. The monoisotopic (exact) mass is 979 g/mol. The molecule has 0 saturated carbocycles. The molecule has 64 heavy (non-hydrogen) atoms. The molecule has 0 bridgehead atoms. The summed E-state index contributed by atoms with van der Waals surface area (Å²) in [6.07, 6.45) is 0. The second-order valence-corrected chi connectivity index (χ2v) is 18.1. The predicted molar refractivity (Wildman–Crippen MR) is 208 cm³/mol. The number of rotatable bonds is 10. The molecule has 0 saturated heterocycles. The van der Waals surface area contributed by atoms with Gasteiger partial charge in [-0.2, -0.15) is 8.42 Å². The fourth-order valence-electron chi connectivity index (χ4n) is 5.98. The Morgan fingerprint density at radius 1 is 0.438 bits per heavy atom. The molecule has 3 N–H and O–H groups in total. The van der Waals surface area contributed by atoms with Crippen molar-refractivity contribution in [2.45, 2.75) is 19.6 Å². The van der Waals surface area contributed by atoms with Crippen molar-refractivity contribution in [1.29, 1.82) is 0 Å². The zero-order valence-corrected chi connectivity index (χ0v) is 44.9. The molecule has 0 aliphatic heterocycles. The number of hydrogen-bond donors (Lipinski definition) is 2. The van der Waals surface area contributed by atoms with Crippen LogP contribution in [0.4, 0.5) is 39.8 Å². The number of azo groups is 3. The maximum absolute atomic E-state index is 13.3. The summed E-state index contributed by atoms with van der Waals surface area (Å²) in [4.78, 5) is -3.37. The van der Waals surface area contributed by atoms with Crippen molar-refractivity contribution < 1.29 is 175 Å². The van der Waals surface area contributed by atoms with Crippen LogP contribution in [0.3, 0.4) is 0 Å². The van der Waals surface area contributed by atoms with E-state index in [1.165, 1.54) is 42.5 Å². The normalized spacial score (nSPS) is 12.3. The number of nitrogens with zero attached hydrogens (tertiary/aromatic N) is 6. The smallest absolute Gasteiger partial charge is 0.871 e. The van der Waals surface area contributed by atoms with E-state index in [0.29, 0.717) is 29.0 Å². The van der Waals surface area contributed by atoms with Crippen LogP contribution in [0, 0.1) is 0 Å². The minimum absolute atomic E-state index is 0. The maximum Gasteiger partial charge on any atom is 1.00 e. The molecule has 0 heterocycles. The fraction of sp³-hybridized carbons (Fsp3) is 0. The van der Waals surface area contributed by atoms with Gasteiger partial charge in [-0.3, -0.25) is 4.55 Å². The topological polar surface area (TPSA) is 349 Å². The third-order valence-electron chi connectivity index (χ3n) is 8.72. The zero-order valence-electron chi connectivity index (χ0n) is 33.6. The third-order valence-corrected chi connectivity index (χ3v) is 12.1. The van der Waals surface area contributed by atoms with E-state index in [0.717, 1.165) is 24.3 Å². The van der Waals surface area contributed by atoms with E-state index in [9.17, 15) is 57.0 Å². The molecule has 7 rings (SSSR count). The first kappa shape index (κ1) is 55.7. The van der Waals surface area contributed by atoms with Gasteiger partial charge in [0.1, 0.15) is 40.9 Å². The third kappa shape index (κ3) is 12.3. The molecule has 0 spiro atoms. The summed E-state index contributed by atoms with van der Waals surface area (Å²) in [5.41, 5.74) is 4.79. The molecular weight excluding hydrogens is 959 g/mol. The van der Waals surface area contributed by atoms with Crippen molar-refractivity contribution in [3.05, 3.63) is 109 Å². The molecule has 0 atom stereocenters. The first-order chi connectivity index (χ1) is 28.1. The number of hydrogen-bond acceptors (Lipinski definition) is 19. The summed E-state index contributed by atoms with van der Waals surface area (Å²) in [5.74, 6) is -0.838. The van der Waals surface area contributed by atoms with Crippen molar-refractivity contribution >= 4 is 113 Å². The van der Waals surface area contributed by atoms with E-state index in [2.05, 4.69) is 30.7 Å². The molecule has 0 aromatic heterocycles. The van der Waals surface area contributed by atoms with E-state index >= 15 is 0 Å². The molecule has 306 valence electrons. The maximum atomic E-state index is 13.3. The van der Waals surface area contributed by atoms with Crippen molar-refractivity contribution in [2.24, 2.45) is 30.7 Å². The van der Waals surface area contributed by atoms with Crippen molar-refractivity contribution in [3.8, 4) is 5.75 Å².